The number of methoxy groups -OCH3 is 5. The number of esters is 1. The van der Waals surface area contributed by atoms with Crippen molar-refractivity contribution in [2.75, 3.05) is 35.5 Å². The zero-order chi connectivity index (χ0) is 85.4. The van der Waals surface area contributed by atoms with Crippen molar-refractivity contribution in [3.8, 4) is 86.8 Å². The Hall–Kier alpha value is -15.9. The molecule has 0 aliphatic carbocycles. The number of aliphatic carboxylic acids is 3. The lowest BCUT2D eigenvalue weighted by Gasteiger charge is -2.14. The van der Waals surface area contributed by atoms with E-state index < -0.39 is 38.9 Å². The van der Waals surface area contributed by atoms with Gasteiger partial charge in [-0.05, 0) is 136 Å². The molecule has 29 nitrogen and oxygen atoms in total. The van der Waals surface area contributed by atoms with Gasteiger partial charge in [-0.3, -0.25) is 10.1 Å². The minimum absolute atomic E-state index is 0.00335. The molecule has 0 bridgehead atoms. The number of nitrogens with zero attached hydrogens (tertiary/aromatic N) is 5. The number of para-hydroxylation sites is 4. The molecule has 0 aliphatic heterocycles. The zero-order valence-corrected chi connectivity index (χ0v) is 66.0. The van der Waals surface area contributed by atoms with Crippen LogP contribution in [0.25, 0.3) is 22.3 Å². The second-order valence-electron chi connectivity index (χ2n) is 24.4. The summed E-state index contributed by atoms with van der Waals surface area (Å²) in [6.45, 7) is 6.60. The normalized spacial score (nSPS) is 11.4. The molecule has 2 heterocycles. The molecule has 0 saturated heterocycles. The minimum atomic E-state index is -4.01. The van der Waals surface area contributed by atoms with Crippen LogP contribution in [0.15, 0.2) is 308 Å². The number of aryl methyl sites for hydroxylation is 1. The molecule has 12 rings (SSSR count). The highest BCUT2D eigenvalue weighted by Gasteiger charge is 2.25. The molecular formula is C89H77N5O24S. The number of nitro benzene ring substituents is 1. The Morgan fingerprint density at radius 1 is 0.378 bits per heavy atom. The molecule has 0 atom stereocenters. The van der Waals surface area contributed by atoms with Crippen molar-refractivity contribution < 1.29 is 109 Å². The highest BCUT2D eigenvalue weighted by molar-refractivity contribution is 7.87. The molecule has 0 aliphatic rings. The standard InChI is InChI=1S/C23H19NO7.C23H20O7S.C22H20N2O5.C21H18N2O5/c1-15(29-2)22(23(25)26)20-8-3-4-9-21(20)31-19-7-5-6-18(14-19)30-17-12-10-16(11-13-17)24(27)28;1-16(28-2)22(23(24)25)20-13-6-7-14-21(20)29-17-9-8-10-18(15-17)30-31(26,27)19-11-4-3-5-12-19;1-14-12-23-22(24-13-14)29-17-8-6-7-16(11-17)28-19-10-5-4-9-18(19)20(21(25)26)15(2)27-3;1-25-14-18(20(24)26-2)17-9-3-4-10-19(17)27-15-7-5-8-16(13-15)28-21-22-11-6-12-23-21/h3-14H,1-2H3,(H,25,26);3-15H,1-2H3,(H,24,25);4-13H,1-3H3,(H,25,26);3-14H,1-2H3/b22-15+;22-16+;20-15+;18-14+. The Bertz CT molecular complexity index is 5790. The first kappa shape index (κ1) is 87.1. The number of non-ortho nitro benzene ring substituents is 1. The lowest BCUT2D eigenvalue weighted by atomic mass is 10.0. The quantitative estimate of drug-likeness (QED) is 0.00940. The summed E-state index contributed by atoms with van der Waals surface area (Å²) in [5, 5.41) is 39.6. The number of ether oxygens (including phenoxy) is 12. The van der Waals surface area contributed by atoms with Gasteiger partial charge >= 0.3 is 46.0 Å². The summed E-state index contributed by atoms with van der Waals surface area (Å²) in [6, 6.07) is 69.7. The fraction of sp³-hybridized carbons (Fsp3) is 0.101. The maximum Gasteiger partial charge on any atom is 0.341 e. The van der Waals surface area contributed by atoms with Crippen LogP contribution < -0.4 is 37.3 Å². The van der Waals surface area contributed by atoms with E-state index in [2.05, 4.69) is 19.9 Å². The van der Waals surface area contributed by atoms with Crippen LogP contribution in [0.5, 0.6) is 86.8 Å². The Labute approximate surface area is 683 Å². The minimum Gasteiger partial charge on any atom is -0.503 e. The monoisotopic (exact) mass is 1630 g/mol. The van der Waals surface area contributed by atoms with Crippen LogP contribution >= 0.6 is 0 Å². The number of nitro groups is 1. The van der Waals surface area contributed by atoms with Gasteiger partial charge in [-0.25, -0.2) is 39.1 Å². The van der Waals surface area contributed by atoms with Gasteiger partial charge in [-0.15, -0.1) is 0 Å². The maximum atomic E-state index is 12.4. The number of carbonyl (C=O) groups excluding carboxylic acids is 1. The van der Waals surface area contributed by atoms with Gasteiger partial charge in [0.15, 0.2) is 0 Å². The summed E-state index contributed by atoms with van der Waals surface area (Å²) >= 11 is 0. The van der Waals surface area contributed by atoms with Gasteiger partial charge in [-0.2, -0.15) is 8.42 Å². The zero-order valence-electron chi connectivity index (χ0n) is 65.2. The molecule has 10 aromatic carbocycles. The number of carbonyl (C=O) groups is 4. The van der Waals surface area contributed by atoms with E-state index in [1.165, 1.54) is 90.3 Å². The molecule has 0 fully saturated rings. The van der Waals surface area contributed by atoms with Crippen molar-refractivity contribution in [3.63, 3.8) is 0 Å². The molecule has 3 N–H and O–H groups in total. The number of allylic oxidation sites excluding steroid dienone is 3. The molecule has 0 saturated carbocycles. The fourth-order valence-corrected chi connectivity index (χ4v) is 11.5. The summed E-state index contributed by atoms with van der Waals surface area (Å²) in [4.78, 5) is 74.0. The number of benzene rings is 10. The van der Waals surface area contributed by atoms with Crippen molar-refractivity contribution in [1.82, 2.24) is 19.9 Å². The van der Waals surface area contributed by atoms with E-state index >= 15 is 0 Å². The molecule has 2 aromatic heterocycles. The van der Waals surface area contributed by atoms with Crippen LogP contribution in [-0.2, 0) is 53.0 Å². The smallest absolute Gasteiger partial charge is 0.341 e. The second-order valence-corrected chi connectivity index (χ2v) is 25.9. The highest BCUT2D eigenvalue weighted by Crippen LogP contribution is 2.40. The van der Waals surface area contributed by atoms with Crippen molar-refractivity contribution in [3.05, 3.63) is 341 Å². The summed E-state index contributed by atoms with van der Waals surface area (Å²) in [7, 11) is 2.97. The Morgan fingerprint density at radius 2 is 0.714 bits per heavy atom. The van der Waals surface area contributed by atoms with Gasteiger partial charge in [0.25, 0.3) is 5.69 Å². The van der Waals surface area contributed by atoms with Crippen LogP contribution in [0.2, 0.25) is 0 Å². The number of hydrogen-bond acceptors (Lipinski definition) is 25. The van der Waals surface area contributed by atoms with Gasteiger partial charge in [0, 0.05) is 83.4 Å². The molecular weight excluding hydrogens is 1560 g/mol. The molecule has 30 heteroatoms. The van der Waals surface area contributed by atoms with E-state index in [4.69, 9.17) is 61.0 Å². The van der Waals surface area contributed by atoms with E-state index in [1.807, 2.05) is 6.92 Å². The largest absolute Gasteiger partial charge is 0.503 e. The number of aromatic nitrogens is 4. The number of carboxylic acid groups (broad SMARTS) is 3. The maximum absolute atomic E-state index is 12.4. The van der Waals surface area contributed by atoms with Gasteiger partial charge in [0.2, 0.25) is 0 Å². The molecule has 0 unspecified atom stereocenters. The Morgan fingerprint density at radius 3 is 1.08 bits per heavy atom. The predicted octanol–water partition coefficient (Wildman–Crippen LogP) is 19.4. The van der Waals surface area contributed by atoms with Gasteiger partial charge in [0.1, 0.15) is 119 Å². The molecule has 608 valence electrons. The summed E-state index contributed by atoms with van der Waals surface area (Å²) in [6.07, 6.45) is 7.83. The van der Waals surface area contributed by atoms with Crippen LogP contribution in [-0.4, -0.2) is 108 Å². The second kappa shape index (κ2) is 42.9. The first-order valence-corrected chi connectivity index (χ1v) is 36.9. The van der Waals surface area contributed by atoms with E-state index in [1.54, 1.807) is 252 Å². The average Bonchev–Trinajstić information content (AvgIpc) is 0.830. The molecule has 0 amide bonds. The summed E-state index contributed by atoms with van der Waals surface area (Å²) in [5.41, 5.74) is 2.76. The van der Waals surface area contributed by atoms with Crippen molar-refractivity contribution in [2.24, 2.45) is 0 Å². The number of hydrogen-bond donors (Lipinski definition) is 3. The van der Waals surface area contributed by atoms with E-state index in [-0.39, 0.29) is 79.4 Å². The lowest BCUT2D eigenvalue weighted by molar-refractivity contribution is -0.384. The summed E-state index contributed by atoms with van der Waals surface area (Å²) in [5.74, 6) is 1.88. The average molecular weight is 1630 g/mol. The molecule has 12 aromatic rings. The lowest BCUT2D eigenvalue weighted by Crippen LogP contribution is -2.09. The van der Waals surface area contributed by atoms with Crippen molar-refractivity contribution >= 4 is 62.0 Å². The third-order valence-electron chi connectivity index (χ3n) is 16.3. The SMILES string of the molecule is CO/C(C)=C(/C(=O)O)c1ccccc1Oc1cccc(OS(=O)(=O)c2ccccc2)c1.CO/C(C)=C(/C(=O)O)c1ccccc1Oc1cccc(Oc2ccc([N+](=O)[O-])cc2)c1.CO/C(C)=C(/C(=O)O)c1ccccc1Oc1cccc(Oc2ncc(C)cn2)c1.CO/C=C(/C(=O)OC)c1ccccc1Oc1cccc(Oc2ncccn2)c1. The third-order valence-corrected chi connectivity index (χ3v) is 17.5. The molecule has 0 radical (unpaired) electrons. The molecule has 0 spiro atoms. The predicted molar refractivity (Wildman–Crippen MR) is 437 cm³/mol. The van der Waals surface area contributed by atoms with Crippen LogP contribution in [0.3, 0.4) is 0 Å². The Kier molecular flexibility index (Phi) is 31.4. The van der Waals surface area contributed by atoms with Crippen LogP contribution in [0.1, 0.15) is 48.6 Å². The Balaban J connectivity index is 0.000000181. The first-order chi connectivity index (χ1) is 57.4. The van der Waals surface area contributed by atoms with E-state index in [9.17, 15) is 53.0 Å². The topological polar surface area (TPSA) is 378 Å². The summed E-state index contributed by atoms with van der Waals surface area (Å²) < 4.78 is 96.1. The first-order valence-electron chi connectivity index (χ1n) is 35.5. The molecule has 119 heavy (non-hydrogen) atoms. The van der Waals surface area contributed by atoms with Gasteiger partial charge in [-0.1, -0.05) is 115 Å². The highest BCUT2D eigenvalue weighted by atomic mass is 32.2. The van der Waals surface area contributed by atoms with Gasteiger partial charge in [0.05, 0.1) is 46.7 Å². The van der Waals surface area contributed by atoms with E-state index in [0.29, 0.717) is 79.7 Å². The number of rotatable bonds is 30. The van der Waals surface area contributed by atoms with Crippen molar-refractivity contribution in [1.29, 1.82) is 0 Å². The van der Waals surface area contributed by atoms with Crippen LogP contribution in [0.4, 0.5) is 5.69 Å². The number of carboxylic acids is 3. The van der Waals surface area contributed by atoms with Crippen molar-refractivity contribution in [2.45, 2.75) is 32.6 Å². The fourth-order valence-electron chi connectivity index (χ4n) is 10.6. The van der Waals surface area contributed by atoms with Crippen LogP contribution in [0, 0.1) is 17.0 Å². The third kappa shape index (κ3) is 25.1. The van der Waals surface area contributed by atoms with E-state index in [0.717, 1.165) is 5.56 Å². The van der Waals surface area contributed by atoms with Gasteiger partial charge < -0.3 is 76.3 Å².